The van der Waals surface area contributed by atoms with E-state index in [4.69, 9.17) is 21.9 Å². The normalized spacial score (nSPS) is 13.5. The Morgan fingerprint density at radius 3 is 2.82 bits per heavy atom. The molecule has 5 heteroatoms. The van der Waals surface area contributed by atoms with E-state index in [0.717, 1.165) is 23.3 Å². The highest BCUT2D eigenvalue weighted by Crippen LogP contribution is 2.26. The Labute approximate surface area is 105 Å². The van der Waals surface area contributed by atoms with Crippen LogP contribution in [0.2, 0.25) is 5.02 Å². The van der Waals surface area contributed by atoms with E-state index < -0.39 is 0 Å². The first-order valence-corrected chi connectivity index (χ1v) is 5.78. The Kier molecular flexibility index (Phi) is 3.69. The molecule has 3 N–H and O–H groups in total. The Hall–Kier alpha value is -1.07. The van der Waals surface area contributed by atoms with E-state index in [2.05, 4.69) is 5.43 Å². The molecule has 1 atom stereocenters. The number of likely N-dealkylation sites (N-methyl/N-ethyl adjacent to an activating group) is 1. The SMILES string of the molecule is CN(C)CC(NN)c1cc2cc(Cl)ccc2o1. The number of nitrogens with two attached hydrogens (primary N) is 1. The summed E-state index contributed by atoms with van der Waals surface area (Å²) in [4.78, 5) is 2.05. The van der Waals surface area contributed by atoms with Gasteiger partial charge in [0.05, 0.1) is 6.04 Å². The molecule has 0 bridgehead atoms. The van der Waals surface area contributed by atoms with Gasteiger partial charge in [0, 0.05) is 17.0 Å². The molecule has 0 saturated heterocycles. The van der Waals surface area contributed by atoms with Gasteiger partial charge in [-0.3, -0.25) is 5.84 Å². The number of hydrazine groups is 1. The van der Waals surface area contributed by atoms with Crippen molar-refractivity contribution in [3.63, 3.8) is 0 Å². The lowest BCUT2D eigenvalue weighted by atomic mass is 10.2. The molecule has 0 spiro atoms. The highest BCUT2D eigenvalue weighted by molar-refractivity contribution is 6.31. The highest BCUT2D eigenvalue weighted by Gasteiger charge is 2.15. The molecule has 1 aromatic heterocycles. The van der Waals surface area contributed by atoms with Gasteiger partial charge in [0.1, 0.15) is 11.3 Å². The average molecular weight is 254 g/mol. The van der Waals surface area contributed by atoms with Crippen LogP contribution in [-0.4, -0.2) is 25.5 Å². The van der Waals surface area contributed by atoms with Crippen molar-refractivity contribution >= 4 is 22.6 Å². The van der Waals surface area contributed by atoms with Crippen LogP contribution in [0.25, 0.3) is 11.0 Å². The molecular formula is C12H16ClN3O. The van der Waals surface area contributed by atoms with Gasteiger partial charge in [0.25, 0.3) is 0 Å². The number of hydrogen-bond donors (Lipinski definition) is 2. The summed E-state index contributed by atoms with van der Waals surface area (Å²) in [5.41, 5.74) is 3.58. The fraction of sp³-hybridized carbons (Fsp3) is 0.333. The Morgan fingerprint density at radius 2 is 2.18 bits per heavy atom. The van der Waals surface area contributed by atoms with Crippen LogP contribution in [0.3, 0.4) is 0 Å². The van der Waals surface area contributed by atoms with Crippen molar-refractivity contribution in [1.82, 2.24) is 10.3 Å². The fourth-order valence-electron chi connectivity index (χ4n) is 1.80. The van der Waals surface area contributed by atoms with Crippen LogP contribution in [0.1, 0.15) is 11.8 Å². The summed E-state index contributed by atoms with van der Waals surface area (Å²) in [5.74, 6) is 6.36. The first kappa shape index (κ1) is 12.4. The summed E-state index contributed by atoms with van der Waals surface area (Å²) in [5, 5.41) is 1.70. The molecule has 4 nitrogen and oxygen atoms in total. The van der Waals surface area contributed by atoms with Gasteiger partial charge in [0.2, 0.25) is 0 Å². The molecule has 2 rings (SSSR count). The van der Waals surface area contributed by atoms with Gasteiger partial charge >= 0.3 is 0 Å². The molecule has 0 aliphatic rings. The predicted molar refractivity (Wildman–Crippen MR) is 69.8 cm³/mol. The van der Waals surface area contributed by atoms with Crippen LogP contribution >= 0.6 is 11.6 Å². The van der Waals surface area contributed by atoms with Crippen molar-refractivity contribution in [1.29, 1.82) is 0 Å². The maximum absolute atomic E-state index is 5.94. The van der Waals surface area contributed by atoms with Gasteiger partial charge in [-0.25, -0.2) is 5.43 Å². The maximum Gasteiger partial charge on any atom is 0.134 e. The average Bonchev–Trinajstić information content (AvgIpc) is 2.68. The molecule has 0 amide bonds. The zero-order valence-corrected chi connectivity index (χ0v) is 10.7. The monoisotopic (exact) mass is 253 g/mol. The quantitative estimate of drug-likeness (QED) is 0.648. The Bertz CT molecular complexity index is 509. The molecule has 0 saturated carbocycles. The summed E-state index contributed by atoms with van der Waals surface area (Å²) < 4.78 is 5.75. The van der Waals surface area contributed by atoms with E-state index in [1.165, 1.54) is 0 Å². The lowest BCUT2D eigenvalue weighted by Gasteiger charge is -2.17. The first-order valence-electron chi connectivity index (χ1n) is 5.40. The predicted octanol–water partition coefficient (Wildman–Crippen LogP) is 2.15. The van der Waals surface area contributed by atoms with Crippen molar-refractivity contribution < 1.29 is 4.42 Å². The van der Waals surface area contributed by atoms with Gasteiger partial charge in [-0.2, -0.15) is 0 Å². The van der Waals surface area contributed by atoms with E-state index in [0.29, 0.717) is 5.02 Å². The Balaban J connectivity index is 2.34. The van der Waals surface area contributed by atoms with Crippen molar-refractivity contribution in [2.45, 2.75) is 6.04 Å². The summed E-state index contributed by atoms with van der Waals surface area (Å²) >= 11 is 5.94. The largest absolute Gasteiger partial charge is 0.459 e. The second kappa shape index (κ2) is 5.06. The number of furan rings is 1. The molecule has 1 unspecified atom stereocenters. The van der Waals surface area contributed by atoms with Gasteiger partial charge in [-0.1, -0.05) is 11.6 Å². The van der Waals surface area contributed by atoms with E-state index in [-0.39, 0.29) is 6.04 Å². The molecule has 2 aromatic rings. The minimum absolute atomic E-state index is 0.0313. The molecule has 0 aliphatic heterocycles. The number of benzene rings is 1. The zero-order chi connectivity index (χ0) is 12.4. The maximum atomic E-state index is 5.94. The lowest BCUT2D eigenvalue weighted by Crippen LogP contribution is -2.35. The third-order valence-electron chi connectivity index (χ3n) is 2.59. The third kappa shape index (κ3) is 2.79. The van der Waals surface area contributed by atoms with Crippen molar-refractivity contribution in [2.24, 2.45) is 5.84 Å². The van der Waals surface area contributed by atoms with Gasteiger partial charge in [-0.05, 0) is 38.4 Å². The van der Waals surface area contributed by atoms with Crippen LogP contribution in [-0.2, 0) is 0 Å². The fourth-order valence-corrected chi connectivity index (χ4v) is 1.98. The molecule has 1 heterocycles. The topological polar surface area (TPSA) is 54.4 Å². The molecule has 0 radical (unpaired) electrons. The first-order chi connectivity index (χ1) is 8.10. The number of nitrogens with zero attached hydrogens (tertiary/aromatic N) is 1. The van der Waals surface area contributed by atoms with E-state index in [1.807, 2.05) is 43.3 Å². The van der Waals surface area contributed by atoms with Crippen LogP contribution in [0.15, 0.2) is 28.7 Å². The minimum Gasteiger partial charge on any atom is -0.459 e. The van der Waals surface area contributed by atoms with Crippen molar-refractivity contribution in [3.8, 4) is 0 Å². The molecule has 1 aromatic carbocycles. The van der Waals surface area contributed by atoms with E-state index in [1.54, 1.807) is 0 Å². The van der Waals surface area contributed by atoms with E-state index in [9.17, 15) is 0 Å². The summed E-state index contributed by atoms with van der Waals surface area (Å²) in [7, 11) is 3.98. The second-order valence-electron chi connectivity index (χ2n) is 4.31. The number of halogens is 1. The van der Waals surface area contributed by atoms with Crippen molar-refractivity contribution in [2.75, 3.05) is 20.6 Å². The standard InChI is InChI=1S/C12H16ClN3O/c1-16(2)7-10(15-14)12-6-8-5-9(13)3-4-11(8)17-12/h3-6,10,15H,7,14H2,1-2H3. The van der Waals surface area contributed by atoms with Crippen molar-refractivity contribution in [3.05, 3.63) is 35.0 Å². The zero-order valence-electron chi connectivity index (χ0n) is 9.90. The number of fused-ring (bicyclic) bond motifs is 1. The van der Waals surface area contributed by atoms with Crippen LogP contribution in [0.5, 0.6) is 0 Å². The minimum atomic E-state index is -0.0313. The summed E-state index contributed by atoms with van der Waals surface area (Å²) in [6.45, 7) is 0.768. The van der Waals surface area contributed by atoms with Gasteiger partial charge < -0.3 is 9.32 Å². The van der Waals surface area contributed by atoms with Gasteiger partial charge in [0.15, 0.2) is 0 Å². The summed E-state index contributed by atoms with van der Waals surface area (Å²) in [6, 6.07) is 7.50. The lowest BCUT2D eigenvalue weighted by molar-refractivity contribution is 0.316. The number of rotatable bonds is 4. The molecule has 17 heavy (non-hydrogen) atoms. The second-order valence-corrected chi connectivity index (χ2v) is 4.75. The third-order valence-corrected chi connectivity index (χ3v) is 2.82. The molecular weight excluding hydrogens is 238 g/mol. The smallest absolute Gasteiger partial charge is 0.134 e. The number of hydrogen-bond acceptors (Lipinski definition) is 4. The molecule has 0 aliphatic carbocycles. The van der Waals surface area contributed by atoms with Crippen LogP contribution < -0.4 is 11.3 Å². The Morgan fingerprint density at radius 1 is 1.41 bits per heavy atom. The summed E-state index contributed by atoms with van der Waals surface area (Å²) in [6.07, 6.45) is 0. The molecule has 0 fully saturated rings. The molecule has 92 valence electrons. The van der Waals surface area contributed by atoms with E-state index >= 15 is 0 Å². The number of nitrogens with one attached hydrogen (secondary N) is 1. The van der Waals surface area contributed by atoms with Crippen LogP contribution in [0.4, 0.5) is 0 Å². The van der Waals surface area contributed by atoms with Crippen LogP contribution in [0, 0.1) is 0 Å². The highest BCUT2D eigenvalue weighted by atomic mass is 35.5. The van der Waals surface area contributed by atoms with Gasteiger partial charge in [-0.15, -0.1) is 0 Å².